The summed E-state index contributed by atoms with van der Waals surface area (Å²) in [5, 5.41) is 0.835. The van der Waals surface area contributed by atoms with Crippen LogP contribution in [0.2, 0.25) is 10.0 Å². The van der Waals surface area contributed by atoms with Crippen molar-refractivity contribution in [3.63, 3.8) is 0 Å². The SMILES string of the molecule is COC(=O)c1ccc(C2C(C(=O)OC(C)C)=C(C)N=c3sc(=Cc4ccc(-c5ccc(Cl)c(Cl)c5)o4)c(=O)n32)cc1. The number of aromatic nitrogens is 1. The van der Waals surface area contributed by atoms with Crippen molar-refractivity contribution in [3.8, 4) is 11.3 Å². The summed E-state index contributed by atoms with van der Waals surface area (Å²) in [6.45, 7) is 5.21. The van der Waals surface area contributed by atoms with E-state index < -0.39 is 18.0 Å². The summed E-state index contributed by atoms with van der Waals surface area (Å²) in [4.78, 5) is 44.1. The van der Waals surface area contributed by atoms with E-state index in [1.807, 2.05) is 0 Å². The van der Waals surface area contributed by atoms with Crippen molar-refractivity contribution >= 4 is 52.6 Å². The Hall–Kier alpha value is -3.92. The van der Waals surface area contributed by atoms with Crippen LogP contribution in [0.4, 0.5) is 0 Å². The number of fused-ring (bicyclic) bond motifs is 1. The molecule has 0 amide bonds. The summed E-state index contributed by atoms with van der Waals surface area (Å²) in [6.07, 6.45) is 1.26. The normalized spacial score (nSPS) is 15.1. The highest BCUT2D eigenvalue weighted by Gasteiger charge is 2.34. The number of furan rings is 1. The number of hydrogen-bond acceptors (Lipinski definition) is 8. The first-order valence-electron chi connectivity index (χ1n) is 12.5. The van der Waals surface area contributed by atoms with Gasteiger partial charge in [-0.3, -0.25) is 9.36 Å². The van der Waals surface area contributed by atoms with Gasteiger partial charge in [0.05, 0.1) is 50.7 Å². The molecule has 1 aliphatic heterocycles. The van der Waals surface area contributed by atoms with Gasteiger partial charge in [0.15, 0.2) is 4.80 Å². The lowest BCUT2D eigenvalue weighted by atomic mass is 9.95. The average Bonchev–Trinajstić information content (AvgIpc) is 3.53. The molecule has 41 heavy (non-hydrogen) atoms. The summed E-state index contributed by atoms with van der Waals surface area (Å²) in [7, 11) is 1.30. The molecule has 0 spiro atoms. The second-order valence-corrected chi connectivity index (χ2v) is 11.3. The van der Waals surface area contributed by atoms with Crippen LogP contribution in [0.1, 0.15) is 48.5 Å². The lowest BCUT2D eigenvalue weighted by Crippen LogP contribution is -2.40. The highest BCUT2D eigenvalue weighted by Crippen LogP contribution is 2.32. The van der Waals surface area contributed by atoms with Crippen LogP contribution in [-0.2, 0) is 14.3 Å². The van der Waals surface area contributed by atoms with Crippen LogP contribution in [0.5, 0.6) is 0 Å². The van der Waals surface area contributed by atoms with Gasteiger partial charge in [-0.05, 0) is 68.8 Å². The second kappa shape index (κ2) is 11.5. The Labute approximate surface area is 248 Å². The van der Waals surface area contributed by atoms with E-state index in [0.717, 1.165) is 5.56 Å². The monoisotopic (exact) mass is 610 g/mol. The number of hydrogen-bond donors (Lipinski definition) is 0. The molecule has 0 bridgehead atoms. The molecule has 0 fully saturated rings. The first-order chi connectivity index (χ1) is 19.6. The molecule has 5 rings (SSSR count). The third-order valence-electron chi connectivity index (χ3n) is 6.34. The summed E-state index contributed by atoms with van der Waals surface area (Å²) in [5.41, 5.74) is 2.00. The molecule has 1 atom stereocenters. The Balaban J connectivity index is 1.62. The molecule has 11 heteroatoms. The predicted molar refractivity (Wildman–Crippen MR) is 157 cm³/mol. The van der Waals surface area contributed by atoms with Gasteiger partial charge in [-0.15, -0.1) is 0 Å². The van der Waals surface area contributed by atoms with Gasteiger partial charge < -0.3 is 13.9 Å². The minimum atomic E-state index is -0.824. The van der Waals surface area contributed by atoms with E-state index in [1.165, 1.54) is 23.0 Å². The Kier molecular flexibility index (Phi) is 8.04. The van der Waals surface area contributed by atoms with Gasteiger partial charge in [-0.25, -0.2) is 14.6 Å². The zero-order valence-electron chi connectivity index (χ0n) is 22.4. The van der Waals surface area contributed by atoms with Crippen molar-refractivity contribution < 1.29 is 23.5 Å². The number of methoxy groups -OCH3 is 1. The topological polar surface area (TPSA) is 100 Å². The molecule has 0 N–H and O–H groups in total. The molecule has 1 aliphatic rings. The molecule has 0 aliphatic carbocycles. The van der Waals surface area contributed by atoms with Crippen molar-refractivity contribution in [1.29, 1.82) is 0 Å². The number of carbonyl (C=O) groups excluding carboxylic acids is 2. The van der Waals surface area contributed by atoms with E-state index in [4.69, 9.17) is 37.1 Å². The van der Waals surface area contributed by atoms with Crippen LogP contribution in [0, 0.1) is 0 Å². The molecule has 1 unspecified atom stereocenters. The van der Waals surface area contributed by atoms with Gasteiger partial charge in [-0.2, -0.15) is 0 Å². The van der Waals surface area contributed by atoms with Crippen LogP contribution < -0.4 is 14.9 Å². The van der Waals surface area contributed by atoms with E-state index in [2.05, 4.69) is 4.99 Å². The van der Waals surface area contributed by atoms with Crippen LogP contribution in [-0.4, -0.2) is 29.7 Å². The largest absolute Gasteiger partial charge is 0.465 e. The smallest absolute Gasteiger partial charge is 0.338 e. The molecule has 2 aromatic carbocycles. The maximum absolute atomic E-state index is 13.8. The summed E-state index contributed by atoms with van der Waals surface area (Å²) in [5.74, 6) is -0.0635. The minimum absolute atomic E-state index is 0.239. The summed E-state index contributed by atoms with van der Waals surface area (Å²) >= 11 is 13.4. The fourth-order valence-electron chi connectivity index (χ4n) is 4.46. The van der Waals surface area contributed by atoms with Crippen molar-refractivity contribution in [2.24, 2.45) is 4.99 Å². The zero-order chi connectivity index (χ0) is 29.4. The third kappa shape index (κ3) is 5.66. The van der Waals surface area contributed by atoms with E-state index in [-0.39, 0.29) is 17.2 Å². The number of benzene rings is 2. The lowest BCUT2D eigenvalue weighted by Gasteiger charge is -2.25. The molecule has 0 radical (unpaired) electrons. The van der Waals surface area contributed by atoms with Gasteiger partial charge in [-0.1, -0.05) is 46.7 Å². The number of ether oxygens (including phenoxy) is 2. The van der Waals surface area contributed by atoms with Crippen LogP contribution in [0.15, 0.2) is 80.1 Å². The molecule has 0 saturated carbocycles. The Morgan fingerprint density at radius 3 is 2.44 bits per heavy atom. The number of esters is 2. The van der Waals surface area contributed by atoms with Crippen LogP contribution in [0.3, 0.4) is 0 Å². The van der Waals surface area contributed by atoms with Gasteiger partial charge in [0, 0.05) is 11.6 Å². The van der Waals surface area contributed by atoms with Crippen molar-refractivity contribution in [3.05, 3.63) is 112 Å². The van der Waals surface area contributed by atoms with E-state index >= 15 is 0 Å². The van der Waals surface area contributed by atoms with Gasteiger partial charge in [0.25, 0.3) is 5.56 Å². The number of halogens is 2. The van der Waals surface area contributed by atoms with E-state index in [0.29, 0.717) is 47.7 Å². The maximum Gasteiger partial charge on any atom is 0.338 e. The van der Waals surface area contributed by atoms with Gasteiger partial charge in [0.1, 0.15) is 11.5 Å². The number of nitrogens with zero attached hydrogens (tertiary/aromatic N) is 2. The fraction of sp³-hybridized carbons (Fsp3) is 0.200. The first kappa shape index (κ1) is 28.6. The second-order valence-electron chi connectivity index (χ2n) is 9.48. The third-order valence-corrected chi connectivity index (χ3v) is 8.06. The Bertz CT molecular complexity index is 1880. The summed E-state index contributed by atoms with van der Waals surface area (Å²) in [6, 6.07) is 14.4. The molecule has 3 heterocycles. The maximum atomic E-state index is 13.8. The minimum Gasteiger partial charge on any atom is -0.465 e. The number of rotatable bonds is 6. The molecule has 4 aromatic rings. The van der Waals surface area contributed by atoms with Crippen LogP contribution >= 0.6 is 34.5 Å². The zero-order valence-corrected chi connectivity index (χ0v) is 24.8. The highest BCUT2D eigenvalue weighted by molar-refractivity contribution is 7.07. The molecule has 0 saturated heterocycles. The van der Waals surface area contributed by atoms with E-state index in [9.17, 15) is 14.4 Å². The lowest BCUT2D eigenvalue weighted by molar-refractivity contribution is -0.143. The molecule has 2 aromatic heterocycles. The van der Waals surface area contributed by atoms with Crippen LogP contribution in [0.25, 0.3) is 17.4 Å². The highest BCUT2D eigenvalue weighted by atomic mass is 35.5. The fourth-order valence-corrected chi connectivity index (χ4v) is 5.78. The van der Waals surface area contributed by atoms with Crippen molar-refractivity contribution in [1.82, 2.24) is 4.57 Å². The first-order valence-corrected chi connectivity index (χ1v) is 14.1. The number of allylic oxidation sites excluding steroid dienone is 1. The van der Waals surface area contributed by atoms with Gasteiger partial charge in [0.2, 0.25) is 0 Å². The summed E-state index contributed by atoms with van der Waals surface area (Å²) < 4.78 is 18.1. The van der Waals surface area contributed by atoms with Crippen molar-refractivity contribution in [2.45, 2.75) is 32.9 Å². The van der Waals surface area contributed by atoms with Crippen molar-refractivity contribution in [2.75, 3.05) is 7.11 Å². The average molecular weight is 612 g/mol. The molecular weight excluding hydrogens is 587 g/mol. The molecule has 210 valence electrons. The standard InChI is InChI=1S/C30H24Cl2N2O6S/c1-15(2)39-29(37)25-16(3)33-30-34(26(25)17-5-7-18(8-6-17)28(36)38-4)27(35)24(41-30)14-20-10-12-23(40-20)19-9-11-21(31)22(32)13-19/h5-15,26H,1-4H3. The Morgan fingerprint density at radius 2 is 1.78 bits per heavy atom. The van der Waals surface area contributed by atoms with Gasteiger partial charge >= 0.3 is 11.9 Å². The Morgan fingerprint density at radius 1 is 1.05 bits per heavy atom. The number of thiazole rings is 1. The predicted octanol–water partition coefficient (Wildman–Crippen LogP) is 5.54. The number of carbonyl (C=O) groups is 2. The quantitative estimate of drug-likeness (QED) is 0.266. The van der Waals surface area contributed by atoms with E-state index in [1.54, 1.807) is 81.4 Å². The molecular formula is C30H24Cl2N2O6S. The molecule has 8 nitrogen and oxygen atoms in total.